The van der Waals surface area contributed by atoms with E-state index in [2.05, 4.69) is 48.7 Å². The largest absolute Gasteiger partial charge is 0.383 e. The molecule has 1 aromatic rings. The molecule has 2 N–H and O–H groups in total. The SMILES string of the molecule is COCCNCCNC(=O)C1CC1c1ccc(C(C)C)cc1. The lowest BCUT2D eigenvalue weighted by molar-refractivity contribution is -0.122. The summed E-state index contributed by atoms with van der Waals surface area (Å²) >= 11 is 0. The van der Waals surface area contributed by atoms with Crippen molar-refractivity contribution in [1.82, 2.24) is 10.6 Å². The average molecular weight is 304 g/mol. The average Bonchev–Trinajstić information content (AvgIpc) is 3.31. The molecule has 0 spiro atoms. The van der Waals surface area contributed by atoms with Crippen LogP contribution < -0.4 is 10.6 Å². The fourth-order valence-electron chi connectivity index (χ4n) is 2.69. The van der Waals surface area contributed by atoms with Crippen LogP contribution in [0.2, 0.25) is 0 Å². The molecule has 122 valence electrons. The number of benzene rings is 1. The van der Waals surface area contributed by atoms with Gasteiger partial charge in [-0.25, -0.2) is 0 Å². The predicted molar refractivity (Wildman–Crippen MR) is 89.1 cm³/mol. The van der Waals surface area contributed by atoms with Crippen LogP contribution in [0.4, 0.5) is 0 Å². The number of carbonyl (C=O) groups is 1. The molecule has 0 bridgehead atoms. The highest BCUT2D eigenvalue weighted by molar-refractivity contribution is 5.82. The molecule has 2 rings (SSSR count). The monoisotopic (exact) mass is 304 g/mol. The normalized spacial score (nSPS) is 20.2. The second-order valence-electron chi connectivity index (χ2n) is 6.30. The highest BCUT2D eigenvalue weighted by atomic mass is 16.5. The highest BCUT2D eigenvalue weighted by Gasteiger charge is 2.43. The number of amides is 1. The molecular weight excluding hydrogens is 276 g/mol. The Morgan fingerprint density at radius 1 is 1.23 bits per heavy atom. The number of nitrogens with one attached hydrogen (secondary N) is 2. The molecule has 1 aromatic carbocycles. The van der Waals surface area contributed by atoms with Crippen LogP contribution in [-0.2, 0) is 9.53 Å². The molecule has 0 heterocycles. The van der Waals surface area contributed by atoms with Crippen LogP contribution in [0.25, 0.3) is 0 Å². The van der Waals surface area contributed by atoms with Crippen molar-refractivity contribution in [2.45, 2.75) is 32.1 Å². The van der Waals surface area contributed by atoms with Crippen molar-refractivity contribution < 1.29 is 9.53 Å². The molecular formula is C18H28N2O2. The summed E-state index contributed by atoms with van der Waals surface area (Å²) < 4.78 is 4.95. The molecule has 0 aromatic heterocycles. The topological polar surface area (TPSA) is 50.4 Å². The molecule has 2 unspecified atom stereocenters. The van der Waals surface area contributed by atoms with Gasteiger partial charge in [-0.1, -0.05) is 38.1 Å². The van der Waals surface area contributed by atoms with Gasteiger partial charge in [0.2, 0.25) is 5.91 Å². The molecule has 22 heavy (non-hydrogen) atoms. The third kappa shape index (κ3) is 4.82. The predicted octanol–water partition coefficient (Wildman–Crippen LogP) is 2.27. The molecule has 4 heteroatoms. The fraction of sp³-hybridized carbons (Fsp3) is 0.611. The first-order valence-corrected chi connectivity index (χ1v) is 8.20. The molecule has 1 saturated carbocycles. The van der Waals surface area contributed by atoms with Crippen LogP contribution in [-0.4, -0.2) is 39.3 Å². The Balaban J connectivity index is 1.69. The standard InChI is InChI=1S/C18H28N2O2/c1-13(2)14-4-6-15(7-5-14)16-12-17(16)18(21)20-9-8-19-10-11-22-3/h4-7,13,16-17,19H,8-12H2,1-3H3,(H,20,21). The maximum absolute atomic E-state index is 12.1. The third-order valence-electron chi connectivity index (χ3n) is 4.24. The van der Waals surface area contributed by atoms with Crippen LogP contribution in [0.3, 0.4) is 0 Å². The maximum Gasteiger partial charge on any atom is 0.223 e. The fourth-order valence-corrected chi connectivity index (χ4v) is 2.69. The minimum Gasteiger partial charge on any atom is -0.383 e. The second-order valence-corrected chi connectivity index (χ2v) is 6.30. The van der Waals surface area contributed by atoms with E-state index in [0.717, 1.165) is 19.5 Å². The summed E-state index contributed by atoms with van der Waals surface area (Å²) in [5.74, 6) is 1.30. The van der Waals surface area contributed by atoms with Gasteiger partial charge in [-0.05, 0) is 29.4 Å². The molecule has 1 aliphatic carbocycles. The molecule has 0 radical (unpaired) electrons. The Bertz CT molecular complexity index is 470. The summed E-state index contributed by atoms with van der Waals surface area (Å²) in [5.41, 5.74) is 2.65. The van der Waals surface area contributed by atoms with Gasteiger partial charge in [-0.15, -0.1) is 0 Å². The van der Waals surface area contributed by atoms with Crippen LogP contribution in [0.1, 0.15) is 43.2 Å². The lowest BCUT2D eigenvalue weighted by Gasteiger charge is -2.08. The second kappa shape index (κ2) is 8.30. The number of rotatable bonds is 9. The van der Waals surface area contributed by atoms with E-state index in [1.165, 1.54) is 11.1 Å². The molecule has 2 atom stereocenters. The Hall–Kier alpha value is -1.39. The van der Waals surface area contributed by atoms with E-state index in [4.69, 9.17) is 4.74 Å². The summed E-state index contributed by atoms with van der Waals surface area (Å²) in [5, 5.41) is 6.23. The number of ether oxygens (including phenoxy) is 1. The number of carbonyl (C=O) groups excluding carboxylic acids is 1. The zero-order valence-corrected chi connectivity index (χ0v) is 13.9. The molecule has 0 aliphatic heterocycles. The summed E-state index contributed by atoms with van der Waals surface area (Å²) in [4.78, 5) is 12.1. The van der Waals surface area contributed by atoms with Crippen molar-refractivity contribution in [3.05, 3.63) is 35.4 Å². The lowest BCUT2D eigenvalue weighted by atomic mass is 10.00. The number of hydrogen-bond acceptors (Lipinski definition) is 3. The van der Waals surface area contributed by atoms with Crippen LogP contribution >= 0.6 is 0 Å². The van der Waals surface area contributed by atoms with Gasteiger partial charge in [0, 0.05) is 32.7 Å². The van der Waals surface area contributed by atoms with Gasteiger partial charge in [0.05, 0.1) is 6.61 Å². The number of methoxy groups -OCH3 is 1. The van der Waals surface area contributed by atoms with Crippen LogP contribution in [0, 0.1) is 5.92 Å². The molecule has 1 fully saturated rings. The van der Waals surface area contributed by atoms with Gasteiger partial charge in [0.15, 0.2) is 0 Å². The van der Waals surface area contributed by atoms with Crippen molar-refractivity contribution in [3.63, 3.8) is 0 Å². The van der Waals surface area contributed by atoms with Crippen molar-refractivity contribution in [2.75, 3.05) is 33.4 Å². The van der Waals surface area contributed by atoms with Crippen LogP contribution in [0.15, 0.2) is 24.3 Å². The molecule has 1 amide bonds. The number of hydrogen-bond donors (Lipinski definition) is 2. The van der Waals surface area contributed by atoms with Crippen molar-refractivity contribution >= 4 is 5.91 Å². The van der Waals surface area contributed by atoms with E-state index in [1.807, 2.05) is 0 Å². The van der Waals surface area contributed by atoms with Crippen molar-refractivity contribution in [2.24, 2.45) is 5.92 Å². The maximum atomic E-state index is 12.1. The van der Waals surface area contributed by atoms with Gasteiger partial charge >= 0.3 is 0 Å². The quantitative estimate of drug-likeness (QED) is 0.688. The van der Waals surface area contributed by atoms with Gasteiger partial charge in [-0.3, -0.25) is 4.79 Å². The first-order chi connectivity index (χ1) is 10.6. The first-order valence-electron chi connectivity index (χ1n) is 8.20. The Kier molecular flexibility index (Phi) is 6.40. The molecule has 4 nitrogen and oxygen atoms in total. The van der Waals surface area contributed by atoms with E-state index < -0.39 is 0 Å². The zero-order valence-electron chi connectivity index (χ0n) is 13.9. The van der Waals surface area contributed by atoms with Gasteiger partial charge < -0.3 is 15.4 Å². The van der Waals surface area contributed by atoms with Gasteiger partial charge in [0.25, 0.3) is 0 Å². The molecule has 1 aliphatic rings. The minimum absolute atomic E-state index is 0.156. The Morgan fingerprint density at radius 2 is 1.95 bits per heavy atom. The van der Waals surface area contributed by atoms with Crippen molar-refractivity contribution in [3.8, 4) is 0 Å². The van der Waals surface area contributed by atoms with Crippen LogP contribution in [0.5, 0.6) is 0 Å². The highest BCUT2D eigenvalue weighted by Crippen LogP contribution is 2.47. The lowest BCUT2D eigenvalue weighted by Crippen LogP contribution is -2.34. The first kappa shape index (κ1) is 17.0. The zero-order chi connectivity index (χ0) is 15.9. The Morgan fingerprint density at radius 3 is 2.59 bits per heavy atom. The summed E-state index contributed by atoms with van der Waals surface area (Å²) in [7, 11) is 1.68. The van der Waals surface area contributed by atoms with E-state index >= 15 is 0 Å². The molecule has 0 saturated heterocycles. The third-order valence-corrected chi connectivity index (χ3v) is 4.24. The van der Waals surface area contributed by atoms with E-state index in [-0.39, 0.29) is 11.8 Å². The van der Waals surface area contributed by atoms with Crippen molar-refractivity contribution in [1.29, 1.82) is 0 Å². The van der Waals surface area contributed by atoms with Gasteiger partial charge in [-0.2, -0.15) is 0 Å². The summed E-state index contributed by atoms with van der Waals surface area (Å²) in [6.45, 7) is 7.38. The van der Waals surface area contributed by atoms with E-state index in [1.54, 1.807) is 7.11 Å². The minimum atomic E-state index is 0.156. The van der Waals surface area contributed by atoms with E-state index in [0.29, 0.717) is 25.0 Å². The summed E-state index contributed by atoms with van der Waals surface area (Å²) in [6, 6.07) is 8.74. The van der Waals surface area contributed by atoms with Gasteiger partial charge in [0.1, 0.15) is 0 Å². The smallest absolute Gasteiger partial charge is 0.223 e. The Labute approximate surface area is 133 Å². The summed E-state index contributed by atoms with van der Waals surface area (Å²) in [6.07, 6.45) is 0.976. The van der Waals surface area contributed by atoms with E-state index in [9.17, 15) is 4.79 Å².